The first-order valence-corrected chi connectivity index (χ1v) is 9.58. The van der Waals surface area contributed by atoms with Crippen LogP contribution in [0.1, 0.15) is 19.1 Å². The Morgan fingerprint density at radius 2 is 2.00 bits per heavy atom. The first-order chi connectivity index (χ1) is 13.4. The van der Waals surface area contributed by atoms with Crippen molar-refractivity contribution in [1.29, 1.82) is 5.41 Å². The van der Waals surface area contributed by atoms with Gasteiger partial charge in [-0.2, -0.15) is 4.39 Å². The molecule has 3 N–H and O–H groups in total. The van der Waals surface area contributed by atoms with E-state index < -0.39 is 5.95 Å². The fraction of sp³-hybridized carbons (Fsp3) is 0.350. The number of pyridine rings is 1. The molecule has 0 amide bonds. The van der Waals surface area contributed by atoms with Crippen LogP contribution in [-0.4, -0.2) is 53.5 Å². The number of nitrogens with one attached hydrogen (secondary N) is 1. The van der Waals surface area contributed by atoms with E-state index in [-0.39, 0.29) is 1.43 Å². The second kappa shape index (κ2) is 8.97. The van der Waals surface area contributed by atoms with Crippen LogP contribution >= 0.6 is 12.2 Å². The molecule has 0 aliphatic carbocycles. The van der Waals surface area contributed by atoms with E-state index in [4.69, 9.17) is 28.1 Å². The molecule has 28 heavy (non-hydrogen) atoms. The molecule has 2 aliphatic heterocycles. The number of nitrogens with zero attached hydrogens (tertiary/aromatic N) is 3. The van der Waals surface area contributed by atoms with Crippen molar-refractivity contribution >= 4 is 28.7 Å². The molecule has 0 saturated carbocycles. The van der Waals surface area contributed by atoms with Crippen LogP contribution in [0.2, 0.25) is 0 Å². The molecule has 2 aliphatic rings. The molecular weight excluding hydrogens is 377 g/mol. The number of hydrogen-bond acceptors (Lipinski definition) is 5. The highest BCUT2D eigenvalue weighted by Crippen LogP contribution is 2.22. The molecule has 3 heterocycles. The number of aromatic nitrogens is 1. The van der Waals surface area contributed by atoms with E-state index in [0.717, 1.165) is 26.2 Å². The molecule has 1 fully saturated rings. The summed E-state index contributed by atoms with van der Waals surface area (Å²) in [7, 11) is 0. The van der Waals surface area contributed by atoms with Crippen LogP contribution in [0.5, 0.6) is 5.75 Å². The van der Waals surface area contributed by atoms with E-state index in [1.807, 2.05) is 0 Å². The van der Waals surface area contributed by atoms with Crippen LogP contribution in [0, 0.1) is 18.3 Å². The van der Waals surface area contributed by atoms with Crippen molar-refractivity contribution in [2.75, 3.05) is 37.7 Å². The second-order valence-corrected chi connectivity index (χ2v) is 7.13. The molecule has 0 bridgehead atoms. The smallest absolute Gasteiger partial charge is 0.213 e. The minimum absolute atomic E-state index is 0. The SMILES string of the molecule is Cc1cccc(N2CCN(C(N)=S)CC2)c1.N=C1CCOc2ccc(F)nc21.[HH]. The van der Waals surface area contributed by atoms with Crippen molar-refractivity contribution in [3.8, 4) is 5.75 Å². The van der Waals surface area contributed by atoms with E-state index >= 15 is 0 Å². The second-order valence-electron chi connectivity index (χ2n) is 6.71. The first kappa shape index (κ1) is 20.0. The standard InChI is InChI=1S/C12H17N3S.C8H7FN2O.H2/c1-10-3-2-4-11(9-10)14-5-7-15(8-6-14)12(13)16;9-7-2-1-6-8(11-7)5(10)3-4-12-6;/h2-4,9H,5-8H2,1H3,(H2,13,16);1-2,10H,3-4H2;1H. The van der Waals surface area contributed by atoms with Gasteiger partial charge in [0.15, 0.2) is 5.11 Å². The fourth-order valence-electron chi connectivity index (χ4n) is 3.15. The molecule has 2 aromatic rings. The maximum Gasteiger partial charge on any atom is 0.213 e. The minimum Gasteiger partial charge on any atom is -0.491 e. The van der Waals surface area contributed by atoms with Crippen LogP contribution in [0.3, 0.4) is 0 Å². The Labute approximate surface area is 171 Å². The van der Waals surface area contributed by atoms with Gasteiger partial charge >= 0.3 is 0 Å². The number of rotatable bonds is 1. The molecule has 6 nitrogen and oxygen atoms in total. The number of benzene rings is 1. The molecule has 1 aromatic heterocycles. The maximum atomic E-state index is 12.6. The fourth-order valence-corrected chi connectivity index (χ4v) is 3.33. The third-order valence-corrected chi connectivity index (χ3v) is 4.94. The maximum absolute atomic E-state index is 12.6. The van der Waals surface area contributed by atoms with E-state index in [2.05, 4.69) is 46.0 Å². The number of nitrogens with two attached hydrogens (primary N) is 1. The summed E-state index contributed by atoms with van der Waals surface area (Å²) >= 11 is 4.98. The van der Waals surface area contributed by atoms with Crippen molar-refractivity contribution in [3.05, 3.63) is 53.6 Å². The summed E-state index contributed by atoms with van der Waals surface area (Å²) in [6, 6.07) is 11.3. The van der Waals surface area contributed by atoms with Crippen LogP contribution in [0.25, 0.3) is 0 Å². The quantitative estimate of drug-likeness (QED) is 0.563. The van der Waals surface area contributed by atoms with E-state index in [1.54, 1.807) is 0 Å². The number of halogens is 1. The molecule has 0 radical (unpaired) electrons. The van der Waals surface area contributed by atoms with Gasteiger partial charge in [0.2, 0.25) is 5.95 Å². The Morgan fingerprint density at radius 3 is 2.68 bits per heavy atom. The number of aryl methyl sites for hydroxylation is 1. The summed E-state index contributed by atoms with van der Waals surface area (Å²) in [5, 5.41) is 7.98. The Bertz CT molecular complexity index is 874. The average molecular weight is 404 g/mol. The number of piperazine rings is 1. The molecule has 8 heteroatoms. The molecule has 150 valence electrons. The Hall–Kier alpha value is -2.74. The Balaban J connectivity index is 0.000000207. The van der Waals surface area contributed by atoms with Crippen LogP contribution in [0.4, 0.5) is 10.1 Å². The van der Waals surface area contributed by atoms with Gasteiger partial charge in [-0.3, -0.25) is 0 Å². The number of thiocarbonyl (C=S) groups is 1. The van der Waals surface area contributed by atoms with Gasteiger partial charge in [-0.15, -0.1) is 0 Å². The predicted octanol–water partition coefficient (Wildman–Crippen LogP) is 2.98. The van der Waals surface area contributed by atoms with Gasteiger partial charge in [-0.1, -0.05) is 12.1 Å². The van der Waals surface area contributed by atoms with Gasteiger partial charge in [-0.05, 0) is 49.0 Å². The van der Waals surface area contributed by atoms with Crippen LogP contribution < -0.4 is 15.4 Å². The highest BCUT2D eigenvalue weighted by molar-refractivity contribution is 7.80. The predicted molar refractivity (Wildman–Crippen MR) is 115 cm³/mol. The molecule has 1 saturated heterocycles. The topological polar surface area (TPSA) is 78.5 Å². The molecule has 0 atom stereocenters. The molecular formula is C20H26FN5OS. The third kappa shape index (κ3) is 4.95. The number of ether oxygens (including phenoxy) is 1. The van der Waals surface area contributed by atoms with Crippen molar-refractivity contribution in [2.24, 2.45) is 5.73 Å². The molecule has 4 rings (SSSR count). The monoisotopic (exact) mass is 403 g/mol. The van der Waals surface area contributed by atoms with Crippen LogP contribution in [0.15, 0.2) is 36.4 Å². The lowest BCUT2D eigenvalue weighted by molar-refractivity contribution is 0.316. The summed E-state index contributed by atoms with van der Waals surface area (Å²) in [6.07, 6.45) is 0.503. The zero-order chi connectivity index (χ0) is 20.1. The van der Waals surface area contributed by atoms with E-state index in [9.17, 15) is 4.39 Å². The van der Waals surface area contributed by atoms with Crippen molar-refractivity contribution in [2.45, 2.75) is 13.3 Å². The van der Waals surface area contributed by atoms with Crippen molar-refractivity contribution < 1.29 is 10.6 Å². The largest absolute Gasteiger partial charge is 0.491 e. The van der Waals surface area contributed by atoms with Crippen molar-refractivity contribution in [1.82, 2.24) is 9.88 Å². The Morgan fingerprint density at radius 1 is 1.25 bits per heavy atom. The van der Waals surface area contributed by atoms with Crippen molar-refractivity contribution in [3.63, 3.8) is 0 Å². The van der Waals surface area contributed by atoms with Gasteiger partial charge in [0.25, 0.3) is 0 Å². The lowest BCUT2D eigenvalue weighted by atomic mass is 10.1. The summed E-state index contributed by atoms with van der Waals surface area (Å²) in [5.41, 5.74) is 8.89. The highest BCUT2D eigenvalue weighted by Gasteiger charge is 2.18. The zero-order valence-electron chi connectivity index (χ0n) is 15.8. The Kier molecular flexibility index (Phi) is 6.41. The van der Waals surface area contributed by atoms with E-state index in [0.29, 0.717) is 35.3 Å². The van der Waals surface area contributed by atoms with Gasteiger partial charge in [0, 0.05) is 39.7 Å². The first-order valence-electron chi connectivity index (χ1n) is 9.17. The van der Waals surface area contributed by atoms with Gasteiger partial charge in [0.05, 0.1) is 12.3 Å². The third-order valence-electron chi connectivity index (χ3n) is 4.68. The average Bonchev–Trinajstić information content (AvgIpc) is 2.69. The van der Waals surface area contributed by atoms with Gasteiger partial charge in [0.1, 0.15) is 11.4 Å². The number of hydrogen-bond donors (Lipinski definition) is 2. The molecule has 0 spiro atoms. The van der Waals surface area contributed by atoms with Gasteiger partial charge in [-0.25, -0.2) is 4.98 Å². The molecule has 0 unspecified atom stereocenters. The highest BCUT2D eigenvalue weighted by atomic mass is 32.1. The summed E-state index contributed by atoms with van der Waals surface area (Å²) in [4.78, 5) is 8.01. The number of anilines is 1. The lowest BCUT2D eigenvalue weighted by Crippen LogP contribution is -2.50. The summed E-state index contributed by atoms with van der Waals surface area (Å²) in [6.45, 7) is 6.42. The summed E-state index contributed by atoms with van der Waals surface area (Å²) in [5.74, 6) is -0.0587. The summed E-state index contributed by atoms with van der Waals surface area (Å²) < 4.78 is 17.8. The van der Waals surface area contributed by atoms with Crippen LogP contribution in [-0.2, 0) is 0 Å². The van der Waals surface area contributed by atoms with E-state index in [1.165, 1.54) is 23.4 Å². The number of fused-ring (bicyclic) bond motifs is 1. The zero-order valence-corrected chi connectivity index (χ0v) is 16.6. The normalized spacial score (nSPS) is 15.9. The molecule has 1 aromatic carbocycles. The van der Waals surface area contributed by atoms with Gasteiger partial charge < -0.3 is 25.7 Å². The lowest BCUT2D eigenvalue weighted by Gasteiger charge is -2.36. The minimum atomic E-state index is -0.566.